The van der Waals surface area contributed by atoms with Crippen LogP contribution in [0.4, 0.5) is 0 Å². The van der Waals surface area contributed by atoms with E-state index in [-0.39, 0.29) is 5.57 Å². The first-order valence-electron chi connectivity index (χ1n) is 6.29. The van der Waals surface area contributed by atoms with E-state index >= 15 is 0 Å². The normalized spacial score (nSPS) is 11.2. The van der Waals surface area contributed by atoms with Crippen LogP contribution in [0.15, 0.2) is 48.8 Å². The molecular formula is C16H15NO3. The Kier molecular flexibility index (Phi) is 4.50. The van der Waals surface area contributed by atoms with E-state index in [1.54, 1.807) is 54.9 Å². The number of nitrogens with zero attached hydrogens (tertiary/aromatic N) is 1. The molecule has 0 atom stereocenters. The monoisotopic (exact) mass is 269 g/mol. The van der Waals surface area contributed by atoms with Crippen LogP contribution in [0.3, 0.4) is 0 Å². The van der Waals surface area contributed by atoms with Crippen molar-refractivity contribution in [2.75, 3.05) is 6.61 Å². The van der Waals surface area contributed by atoms with Crippen molar-refractivity contribution >= 4 is 17.6 Å². The summed E-state index contributed by atoms with van der Waals surface area (Å²) in [5.74, 6) is -0.317. The molecule has 1 N–H and O–H groups in total. The highest BCUT2D eigenvalue weighted by Crippen LogP contribution is 2.22. The summed E-state index contributed by atoms with van der Waals surface area (Å²) in [6, 6.07) is 10.6. The number of rotatable bonds is 5. The maximum atomic E-state index is 11.4. The Morgan fingerprint density at radius 2 is 2.05 bits per heavy atom. The molecule has 0 unspecified atom stereocenters. The second kappa shape index (κ2) is 6.52. The third kappa shape index (κ3) is 3.45. The fraction of sp³-hybridized carbons (Fsp3) is 0.125. The van der Waals surface area contributed by atoms with Crippen molar-refractivity contribution in [3.8, 4) is 5.75 Å². The number of hydrogen-bond donors (Lipinski definition) is 1. The molecule has 0 bridgehead atoms. The molecule has 2 rings (SSSR count). The standard InChI is InChI=1S/C16H15NO3/c1-2-20-14-5-3-4-13(11-14)15(16(18)19)10-12-6-8-17-9-7-12/h3-11H,2H2,1H3,(H,18,19)/b15-10-. The van der Waals surface area contributed by atoms with Gasteiger partial charge in [-0.3, -0.25) is 4.98 Å². The van der Waals surface area contributed by atoms with Crippen molar-refractivity contribution in [2.45, 2.75) is 6.92 Å². The summed E-state index contributed by atoms with van der Waals surface area (Å²) in [7, 11) is 0. The lowest BCUT2D eigenvalue weighted by Crippen LogP contribution is -2.00. The molecule has 0 aliphatic rings. The van der Waals surface area contributed by atoms with Crippen molar-refractivity contribution in [3.05, 3.63) is 59.9 Å². The van der Waals surface area contributed by atoms with Gasteiger partial charge in [0.25, 0.3) is 0 Å². The van der Waals surface area contributed by atoms with Gasteiger partial charge in [-0.15, -0.1) is 0 Å². The predicted molar refractivity (Wildman–Crippen MR) is 77.4 cm³/mol. The highest BCUT2D eigenvalue weighted by atomic mass is 16.5. The molecule has 0 aliphatic carbocycles. The van der Waals surface area contributed by atoms with Crippen molar-refractivity contribution in [1.82, 2.24) is 4.98 Å². The Bertz CT molecular complexity index is 621. The summed E-state index contributed by atoms with van der Waals surface area (Å²) >= 11 is 0. The minimum Gasteiger partial charge on any atom is -0.494 e. The molecule has 0 radical (unpaired) electrons. The van der Waals surface area contributed by atoms with Crippen LogP contribution in [-0.2, 0) is 4.79 Å². The second-order valence-electron chi connectivity index (χ2n) is 4.10. The molecule has 0 spiro atoms. The molecule has 0 saturated heterocycles. The van der Waals surface area contributed by atoms with Crippen LogP contribution in [0, 0.1) is 0 Å². The minimum atomic E-state index is -0.976. The summed E-state index contributed by atoms with van der Waals surface area (Å²) in [5, 5.41) is 9.38. The Balaban J connectivity index is 2.41. The number of carboxylic acid groups (broad SMARTS) is 1. The van der Waals surface area contributed by atoms with Gasteiger partial charge >= 0.3 is 5.97 Å². The summed E-state index contributed by atoms with van der Waals surface area (Å²) in [5.41, 5.74) is 1.62. The van der Waals surface area contributed by atoms with E-state index in [0.717, 1.165) is 5.56 Å². The highest BCUT2D eigenvalue weighted by Gasteiger charge is 2.11. The van der Waals surface area contributed by atoms with Crippen LogP contribution in [0.2, 0.25) is 0 Å². The number of benzene rings is 1. The first-order chi connectivity index (χ1) is 9.70. The molecule has 0 saturated carbocycles. The third-order valence-corrected chi connectivity index (χ3v) is 2.70. The zero-order valence-corrected chi connectivity index (χ0v) is 11.1. The first kappa shape index (κ1) is 13.8. The fourth-order valence-corrected chi connectivity index (χ4v) is 1.81. The van der Waals surface area contributed by atoms with Gasteiger partial charge < -0.3 is 9.84 Å². The molecular weight excluding hydrogens is 254 g/mol. The summed E-state index contributed by atoms with van der Waals surface area (Å²) in [6.45, 7) is 2.43. The smallest absolute Gasteiger partial charge is 0.336 e. The van der Waals surface area contributed by atoms with Crippen molar-refractivity contribution in [1.29, 1.82) is 0 Å². The SMILES string of the molecule is CCOc1cccc(/C(=C/c2ccncc2)C(=O)O)c1. The van der Waals surface area contributed by atoms with Crippen LogP contribution in [0.1, 0.15) is 18.1 Å². The number of pyridine rings is 1. The van der Waals surface area contributed by atoms with Crippen LogP contribution >= 0.6 is 0 Å². The van der Waals surface area contributed by atoms with Gasteiger partial charge in [-0.25, -0.2) is 4.79 Å². The average molecular weight is 269 g/mol. The van der Waals surface area contributed by atoms with Crippen LogP contribution < -0.4 is 4.74 Å². The number of carboxylic acids is 1. The van der Waals surface area contributed by atoms with E-state index in [1.807, 2.05) is 6.92 Å². The number of aromatic nitrogens is 1. The zero-order chi connectivity index (χ0) is 14.4. The zero-order valence-electron chi connectivity index (χ0n) is 11.1. The molecule has 1 aromatic carbocycles. The summed E-state index contributed by atoms with van der Waals surface area (Å²) in [6.07, 6.45) is 4.87. The molecule has 0 aliphatic heterocycles. The van der Waals surface area contributed by atoms with Crippen LogP contribution in [0.5, 0.6) is 5.75 Å². The summed E-state index contributed by atoms with van der Waals surface area (Å²) in [4.78, 5) is 15.4. The fourth-order valence-electron chi connectivity index (χ4n) is 1.81. The maximum Gasteiger partial charge on any atom is 0.336 e. The number of aliphatic carboxylic acids is 1. The Hall–Kier alpha value is -2.62. The molecule has 2 aromatic rings. The molecule has 102 valence electrons. The maximum absolute atomic E-state index is 11.4. The lowest BCUT2D eigenvalue weighted by Gasteiger charge is -2.07. The minimum absolute atomic E-state index is 0.220. The summed E-state index contributed by atoms with van der Waals surface area (Å²) < 4.78 is 5.40. The molecule has 1 heterocycles. The average Bonchev–Trinajstić information content (AvgIpc) is 2.46. The van der Waals surface area contributed by atoms with E-state index in [0.29, 0.717) is 17.9 Å². The van der Waals surface area contributed by atoms with Crippen LogP contribution in [-0.4, -0.2) is 22.7 Å². The number of ether oxygens (including phenoxy) is 1. The van der Waals surface area contributed by atoms with Gasteiger partial charge in [-0.1, -0.05) is 12.1 Å². The quantitative estimate of drug-likeness (QED) is 0.847. The van der Waals surface area contributed by atoms with Crippen molar-refractivity contribution in [2.24, 2.45) is 0 Å². The molecule has 4 heteroatoms. The van der Waals surface area contributed by atoms with Crippen molar-refractivity contribution in [3.63, 3.8) is 0 Å². The lowest BCUT2D eigenvalue weighted by molar-refractivity contribution is -0.130. The molecule has 20 heavy (non-hydrogen) atoms. The predicted octanol–water partition coefficient (Wildman–Crippen LogP) is 3.11. The third-order valence-electron chi connectivity index (χ3n) is 2.70. The Labute approximate surface area is 117 Å². The van der Waals surface area contributed by atoms with Gasteiger partial charge in [0.05, 0.1) is 12.2 Å². The van der Waals surface area contributed by atoms with Crippen molar-refractivity contribution < 1.29 is 14.6 Å². The molecule has 0 amide bonds. The lowest BCUT2D eigenvalue weighted by atomic mass is 10.0. The Morgan fingerprint density at radius 1 is 1.30 bits per heavy atom. The molecule has 0 fully saturated rings. The van der Waals surface area contributed by atoms with E-state index in [1.165, 1.54) is 0 Å². The van der Waals surface area contributed by atoms with E-state index in [2.05, 4.69) is 4.98 Å². The van der Waals surface area contributed by atoms with Gasteiger partial charge in [0.1, 0.15) is 5.75 Å². The van der Waals surface area contributed by atoms with Gasteiger partial charge in [-0.05, 0) is 48.4 Å². The van der Waals surface area contributed by atoms with Gasteiger partial charge in [0, 0.05) is 12.4 Å². The van der Waals surface area contributed by atoms with E-state index in [4.69, 9.17) is 4.74 Å². The highest BCUT2D eigenvalue weighted by molar-refractivity contribution is 6.20. The molecule has 1 aromatic heterocycles. The topological polar surface area (TPSA) is 59.4 Å². The second-order valence-corrected chi connectivity index (χ2v) is 4.10. The number of hydrogen-bond acceptors (Lipinski definition) is 3. The van der Waals surface area contributed by atoms with Gasteiger partial charge in [0.15, 0.2) is 0 Å². The largest absolute Gasteiger partial charge is 0.494 e. The van der Waals surface area contributed by atoms with E-state index in [9.17, 15) is 9.90 Å². The molecule has 4 nitrogen and oxygen atoms in total. The van der Waals surface area contributed by atoms with Gasteiger partial charge in [-0.2, -0.15) is 0 Å². The van der Waals surface area contributed by atoms with Gasteiger partial charge in [0.2, 0.25) is 0 Å². The first-order valence-corrected chi connectivity index (χ1v) is 6.29. The van der Waals surface area contributed by atoms with E-state index < -0.39 is 5.97 Å². The van der Waals surface area contributed by atoms with Crippen LogP contribution in [0.25, 0.3) is 11.6 Å². The Morgan fingerprint density at radius 3 is 2.70 bits per heavy atom. The number of carbonyl (C=O) groups is 1.